The van der Waals surface area contributed by atoms with Crippen molar-refractivity contribution in [1.82, 2.24) is 10.1 Å². The Balaban J connectivity index is 2.32. The summed E-state index contributed by atoms with van der Waals surface area (Å²) in [5.74, 6) is 0.997. The van der Waals surface area contributed by atoms with Gasteiger partial charge in [0.25, 0.3) is 0 Å². The number of rotatable bonds is 3. The number of hydrogen-bond acceptors (Lipinski definition) is 6. The van der Waals surface area contributed by atoms with E-state index in [1.54, 1.807) is 29.7 Å². The van der Waals surface area contributed by atoms with Crippen molar-refractivity contribution in [3.05, 3.63) is 35.7 Å². The second-order valence-electron chi connectivity index (χ2n) is 3.43. The molecule has 1 aromatic carbocycles. The molecular formula is C12H9N3O2S. The van der Waals surface area contributed by atoms with Gasteiger partial charge in [0.05, 0.1) is 0 Å². The molecule has 6 heteroatoms. The van der Waals surface area contributed by atoms with Crippen LogP contribution in [-0.4, -0.2) is 15.3 Å². The Hall–Kier alpha value is -2.13. The minimum atomic E-state index is -0.293. The number of nitriles is 1. The SMILES string of the molecule is CCc1nc(-c2cccc(C(=O)SC#N)c2)no1. The van der Waals surface area contributed by atoms with Crippen LogP contribution in [0.15, 0.2) is 28.8 Å². The number of carbonyl (C=O) groups is 1. The quantitative estimate of drug-likeness (QED) is 0.788. The second kappa shape index (κ2) is 5.47. The Morgan fingerprint density at radius 3 is 3.06 bits per heavy atom. The van der Waals surface area contributed by atoms with Crippen molar-refractivity contribution < 1.29 is 9.32 Å². The Morgan fingerprint density at radius 1 is 1.56 bits per heavy atom. The molecule has 0 N–H and O–H groups in total. The molecule has 1 aromatic heterocycles. The van der Waals surface area contributed by atoms with E-state index < -0.39 is 0 Å². The van der Waals surface area contributed by atoms with Crippen LogP contribution in [0.4, 0.5) is 0 Å². The molecule has 0 amide bonds. The Morgan fingerprint density at radius 2 is 2.39 bits per heavy atom. The molecule has 0 atom stereocenters. The van der Waals surface area contributed by atoms with Gasteiger partial charge in [-0.15, -0.1) is 0 Å². The molecule has 90 valence electrons. The van der Waals surface area contributed by atoms with Gasteiger partial charge in [0, 0.05) is 29.3 Å². The second-order valence-corrected chi connectivity index (χ2v) is 4.18. The molecule has 0 aliphatic carbocycles. The zero-order valence-corrected chi connectivity index (χ0v) is 10.4. The summed E-state index contributed by atoms with van der Waals surface area (Å²) >= 11 is 0.600. The highest BCUT2D eigenvalue weighted by atomic mass is 32.2. The molecule has 0 aliphatic rings. The van der Waals surface area contributed by atoms with E-state index in [1.165, 1.54) is 0 Å². The number of nitrogens with zero attached hydrogens (tertiary/aromatic N) is 3. The summed E-state index contributed by atoms with van der Waals surface area (Å²) in [7, 11) is 0. The lowest BCUT2D eigenvalue weighted by Gasteiger charge is -1.98. The molecule has 2 aromatic rings. The van der Waals surface area contributed by atoms with E-state index in [2.05, 4.69) is 10.1 Å². The number of thioether (sulfide) groups is 1. The summed E-state index contributed by atoms with van der Waals surface area (Å²) in [5.41, 5.74) is 1.14. The van der Waals surface area contributed by atoms with Gasteiger partial charge >= 0.3 is 0 Å². The molecule has 0 radical (unpaired) electrons. The zero-order chi connectivity index (χ0) is 13.0. The van der Waals surface area contributed by atoms with Crippen molar-refractivity contribution in [3.63, 3.8) is 0 Å². The van der Waals surface area contributed by atoms with Crippen LogP contribution in [0.25, 0.3) is 11.4 Å². The predicted octanol–water partition coefficient (Wildman–Crippen LogP) is 2.65. The van der Waals surface area contributed by atoms with Crippen LogP contribution in [-0.2, 0) is 6.42 Å². The van der Waals surface area contributed by atoms with Gasteiger partial charge in [-0.3, -0.25) is 4.79 Å². The first-order chi connectivity index (χ1) is 8.74. The largest absolute Gasteiger partial charge is 0.339 e. The summed E-state index contributed by atoms with van der Waals surface area (Å²) in [6.07, 6.45) is 0.663. The van der Waals surface area contributed by atoms with E-state index in [1.807, 2.05) is 6.92 Å². The molecule has 0 saturated heterocycles. The summed E-state index contributed by atoms with van der Waals surface area (Å²) in [6, 6.07) is 6.81. The van der Waals surface area contributed by atoms with Gasteiger partial charge < -0.3 is 4.52 Å². The fraction of sp³-hybridized carbons (Fsp3) is 0.167. The van der Waals surface area contributed by atoms with Crippen LogP contribution in [0.1, 0.15) is 23.2 Å². The number of aromatic nitrogens is 2. The lowest BCUT2D eigenvalue weighted by molar-refractivity contribution is 0.109. The Labute approximate surface area is 108 Å². The summed E-state index contributed by atoms with van der Waals surface area (Å²) in [4.78, 5) is 15.8. The summed E-state index contributed by atoms with van der Waals surface area (Å²) in [5, 5.41) is 13.8. The minimum absolute atomic E-state index is 0.293. The van der Waals surface area contributed by atoms with Crippen LogP contribution >= 0.6 is 11.8 Å². The molecule has 0 unspecified atom stereocenters. The molecule has 0 aliphatic heterocycles. The first-order valence-corrected chi connectivity index (χ1v) is 6.09. The standard InChI is InChI=1S/C12H9N3O2S/c1-2-10-14-11(15-17-10)8-4-3-5-9(6-8)12(16)18-7-13/h3-6H,2H2,1H3. The fourth-order valence-electron chi connectivity index (χ4n) is 1.40. The smallest absolute Gasteiger partial charge is 0.233 e. The van der Waals surface area contributed by atoms with Gasteiger partial charge in [-0.1, -0.05) is 30.3 Å². The summed E-state index contributed by atoms with van der Waals surface area (Å²) in [6.45, 7) is 1.92. The van der Waals surface area contributed by atoms with Gasteiger partial charge in [0.2, 0.25) is 16.8 Å². The third-order valence-corrected chi connectivity index (χ3v) is 2.78. The van der Waals surface area contributed by atoms with Gasteiger partial charge in [-0.25, -0.2) is 0 Å². The number of hydrogen-bond donors (Lipinski definition) is 0. The highest BCUT2D eigenvalue weighted by molar-refractivity contribution is 8.18. The van der Waals surface area contributed by atoms with E-state index in [9.17, 15) is 4.79 Å². The van der Waals surface area contributed by atoms with E-state index in [0.717, 1.165) is 0 Å². The average molecular weight is 259 g/mol. The monoisotopic (exact) mass is 259 g/mol. The third kappa shape index (κ3) is 2.57. The van der Waals surface area contributed by atoms with Crippen molar-refractivity contribution >= 4 is 16.9 Å². The van der Waals surface area contributed by atoms with Gasteiger partial charge in [-0.2, -0.15) is 10.2 Å². The molecule has 0 saturated carbocycles. The van der Waals surface area contributed by atoms with Gasteiger partial charge in [-0.05, 0) is 6.07 Å². The van der Waals surface area contributed by atoms with E-state index in [0.29, 0.717) is 41.0 Å². The maximum absolute atomic E-state index is 11.6. The zero-order valence-electron chi connectivity index (χ0n) is 9.58. The number of carbonyl (C=O) groups excluding carboxylic acids is 1. The molecule has 0 fully saturated rings. The molecule has 1 heterocycles. The van der Waals surface area contributed by atoms with Crippen LogP contribution in [0.3, 0.4) is 0 Å². The maximum Gasteiger partial charge on any atom is 0.233 e. The van der Waals surface area contributed by atoms with E-state index in [-0.39, 0.29) is 5.12 Å². The number of thiocyanates is 1. The van der Waals surface area contributed by atoms with Crippen LogP contribution < -0.4 is 0 Å². The Bertz CT molecular complexity index is 616. The Kier molecular flexibility index (Phi) is 3.75. The predicted molar refractivity (Wildman–Crippen MR) is 66.6 cm³/mol. The van der Waals surface area contributed by atoms with Crippen LogP contribution in [0.2, 0.25) is 0 Å². The van der Waals surface area contributed by atoms with Crippen molar-refractivity contribution in [2.45, 2.75) is 13.3 Å². The van der Waals surface area contributed by atoms with E-state index in [4.69, 9.17) is 9.78 Å². The minimum Gasteiger partial charge on any atom is -0.339 e. The third-order valence-electron chi connectivity index (χ3n) is 2.27. The first kappa shape index (κ1) is 12.3. The summed E-state index contributed by atoms with van der Waals surface area (Å²) < 4.78 is 5.01. The van der Waals surface area contributed by atoms with Crippen molar-refractivity contribution in [2.24, 2.45) is 0 Å². The topological polar surface area (TPSA) is 79.8 Å². The molecule has 0 bridgehead atoms. The van der Waals surface area contributed by atoms with Crippen molar-refractivity contribution in [3.8, 4) is 16.8 Å². The van der Waals surface area contributed by atoms with Gasteiger partial charge in [0.1, 0.15) is 5.40 Å². The highest BCUT2D eigenvalue weighted by Gasteiger charge is 2.11. The molecule has 5 nitrogen and oxygen atoms in total. The lowest BCUT2D eigenvalue weighted by atomic mass is 10.1. The molecule has 2 rings (SSSR count). The molecule has 18 heavy (non-hydrogen) atoms. The van der Waals surface area contributed by atoms with Crippen LogP contribution in [0, 0.1) is 10.7 Å². The van der Waals surface area contributed by atoms with Crippen molar-refractivity contribution in [1.29, 1.82) is 5.26 Å². The fourth-order valence-corrected chi connectivity index (χ4v) is 1.73. The number of aryl methyl sites for hydroxylation is 1. The van der Waals surface area contributed by atoms with Crippen molar-refractivity contribution in [2.75, 3.05) is 0 Å². The first-order valence-electron chi connectivity index (χ1n) is 5.28. The molecule has 0 spiro atoms. The van der Waals surface area contributed by atoms with Crippen LogP contribution in [0.5, 0.6) is 0 Å². The lowest BCUT2D eigenvalue weighted by Crippen LogP contribution is -1.92. The van der Waals surface area contributed by atoms with E-state index >= 15 is 0 Å². The van der Waals surface area contributed by atoms with Gasteiger partial charge in [0.15, 0.2) is 0 Å². The molecular weight excluding hydrogens is 250 g/mol. The highest BCUT2D eigenvalue weighted by Crippen LogP contribution is 2.20. The maximum atomic E-state index is 11.6. The average Bonchev–Trinajstić information content (AvgIpc) is 2.88. The number of benzene rings is 1. The normalized spacial score (nSPS) is 10.0.